The Balaban J connectivity index is 1.38. The Kier molecular flexibility index (Phi) is 5.42. The van der Waals surface area contributed by atoms with E-state index in [4.69, 9.17) is 13.9 Å². The number of anilines is 1. The first-order valence-electron chi connectivity index (χ1n) is 9.19. The molecule has 3 aromatic rings. The minimum absolute atomic E-state index is 0.414. The van der Waals surface area contributed by atoms with E-state index in [1.54, 1.807) is 13.2 Å². The predicted molar refractivity (Wildman–Crippen MR) is 108 cm³/mol. The smallest absolute Gasteiger partial charge is 0.214 e. The SMILES string of the molecule is CN=C(NCc1ncc(-c2ccccc2)o1)Nc1ccc2c(c1)OCCCO2. The average Bonchev–Trinajstić information content (AvgIpc) is 3.09. The van der Waals surface area contributed by atoms with Crippen LogP contribution in [-0.2, 0) is 6.54 Å². The molecule has 1 aliphatic heterocycles. The molecule has 0 aliphatic carbocycles. The van der Waals surface area contributed by atoms with Crippen molar-refractivity contribution in [2.24, 2.45) is 4.99 Å². The van der Waals surface area contributed by atoms with E-state index in [1.807, 2.05) is 48.5 Å². The second-order valence-corrected chi connectivity index (χ2v) is 6.25. The van der Waals surface area contributed by atoms with Crippen LogP contribution in [0.25, 0.3) is 11.3 Å². The topological polar surface area (TPSA) is 80.9 Å². The third-order valence-electron chi connectivity index (χ3n) is 4.25. The van der Waals surface area contributed by atoms with Gasteiger partial charge in [0.25, 0.3) is 0 Å². The molecule has 2 aromatic carbocycles. The molecule has 0 unspecified atom stereocenters. The standard InChI is InChI=1S/C21H22N4O3/c1-22-21(25-16-8-9-17-18(12-16)27-11-5-10-26-17)24-14-20-23-13-19(28-20)15-6-3-2-4-7-15/h2-4,6-9,12-13H,5,10-11,14H2,1H3,(H2,22,24,25). The molecule has 2 N–H and O–H groups in total. The van der Waals surface area contributed by atoms with Crippen LogP contribution in [0.4, 0.5) is 5.69 Å². The highest BCUT2D eigenvalue weighted by Crippen LogP contribution is 2.32. The second-order valence-electron chi connectivity index (χ2n) is 6.25. The number of nitrogens with zero attached hydrogens (tertiary/aromatic N) is 2. The fourth-order valence-corrected chi connectivity index (χ4v) is 2.84. The van der Waals surface area contributed by atoms with Gasteiger partial charge in [0.15, 0.2) is 23.2 Å². The maximum atomic E-state index is 5.81. The number of benzene rings is 2. The Labute approximate surface area is 163 Å². The van der Waals surface area contributed by atoms with Crippen LogP contribution < -0.4 is 20.1 Å². The molecule has 0 spiro atoms. The fraction of sp³-hybridized carbons (Fsp3) is 0.238. The van der Waals surface area contributed by atoms with Crippen molar-refractivity contribution in [2.75, 3.05) is 25.6 Å². The van der Waals surface area contributed by atoms with Crippen molar-refractivity contribution in [3.63, 3.8) is 0 Å². The molecule has 1 aliphatic rings. The summed E-state index contributed by atoms with van der Waals surface area (Å²) in [6.07, 6.45) is 2.61. The highest BCUT2D eigenvalue weighted by molar-refractivity contribution is 5.93. The molecule has 0 bridgehead atoms. The number of fused-ring (bicyclic) bond motifs is 1. The van der Waals surface area contributed by atoms with Gasteiger partial charge in [-0.05, 0) is 12.1 Å². The third-order valence-corrected chi connectivity index (χ3v) is 4.25. The number of hydrogen-bond donors (Lipinski definition) is 2. The zero-order chi connectivity index (χ0) is 19.2. The van der Waals surface area contributed by atoms with Gasteiger partial charge in [-0.25, -0.2) is 4.98 Å². The normalized spacial score (nSPS) is 13.7. The van der Waals surface area contributed by atoms with E-state index in [0.717, 1.165) is 34.9 Å². The van der Waals surface area contributed by atoms with E-state index < -0.39 is 0 Å². The summed E-state index contributed by atoms with van der Waals surface area (Å²) in [5, 5.41) is 6.44. The maximum absolute atomic E-state index is 5.81. The molecule has 7 nitrogen and oxygen atoms in total. The Morgan fingerprint density at radius 1 is 1.07 bits per heavy atom. The molecule has 0 atom stereocenters. The van der Waals surface area contributed by atoms with E-state index in [0.29, 0.717) is 31.6 Å². The summed E-state index contributed by atoms with van der Waals surface area (Å²) in [5.74, 6) is 3.43. The minimum Gasteiger partial charge on any atom is -0.490 e. The van der Waals surface area contributed by atoms with Gasteiger partial charge in [0.1, 0.15) is 0 Å². The number of rotatable bonds is 4. The van der Waals surface area contributed by atoms with Crippen molar-refractivity contribution in [2.45, 2.75) is 13.0 Å². The molecule has 0 amide bonds. The Bertz CT molecular complexity index is 953. The molecule has 0 radical (unpaired) electrons. The molecular weight excluding hydrogens is 356 g/mol. The third kappa shape index (κ3) is 4.25. The molecule has 7 heteroatoms. The van der Waals surface area contributed by atoms with Crippen LogP contribution >= 0.6 is 0 Å². The van der Waals surface area contributed by atoms with Crippen molar-refractivity contribution < 1.29 is 13.9 Å². The first kappa shape index (κ1) is 17.9. The predicted octanol–water partition coefficient (Wildman–Crippen LogP) is 3.69. The number of guanidine groups is 1. The van der Waals surface area contributed by atoms with Gasteiger partial charge in [-0.3, -0.25) is 4.99 Å². The van der Waals surface area contributed by atoms with Crippen molar-refractivity contribution in [3.05, 3.63) is 60.6 Å². The summed E-state index contributed by atoms with van der Waals surface area (Å²) in [6.45, 7) is 1.73. The van der Waals surface area contributed by atoms with E-state index >= 15 is 0 Å². The van der Waals surface area contributed by atoms with Gasteiger partial charge in [0.05, 0.1) is 26.0 Å². The van der Waals surface area contributed by atoms with Crippen LogP contribution in [0, 0.1) is 0 Å². The number of ether oxygens (including phenoxy) is 2. The lowest BCUT2D eigenvalue weighted by Gasteiger charge is -2.13. The van der Waals surface area contributed by atoms with Gasteiger partial charge in [0, 0.05) is 30.8 Å². The second kappa shape index (κ2) is 8.47. The molecular formula is C21H22N4O3. The van der Waals surface area contributed by atoms with Crippen molar-refractivity contribution in [3.8, 4) is 22.8 Å². The van der Waals surface area contributed by atoms with Gasteiger partial charge in [-0.2, -0.15) is 0 Å². The highest BCUT2D eigenvalue weighted by Gasteiger charge is 2.12. The zero-order valence-corrected chi connectivity index (χ0v) is 15.6. The summed E-state index contributed by atoms with van der Waals surface area (Å²) < 4.78 is 17.2. The molecule has 4 rings (SSSR count). The van der Waals surface area contributed by atoms with Crippen LogP contribution in [-0.4, -0.2) is 31.2 Å². The fourth-order valence-electron chi connectivity index (χ4n) is 2.84. The average molecular weight is 378 g/mol. The number of aromatic nitrogens is 1. The van der Waals surface area contributed by atoms with Crippen molar-refractivity contribution in [1.29, 1.82) is 0 Å². The van der Waals surface area contributed by atoms with Gasteiger partial charge >= 0.3 is 0 Å². The van der Waals surface area contributed by atoms with E-state index in [-0.39, 0.29) is 0 Å². The first-order chi connectivity index (χ1) is 13.8. The summed E-state index contributed by atoms with van der Waals surface area (Å²) in [6, 6.07) is 15.6. The monoisotopic (exact) mass is 378 g/mol. The van der Waals surface area contributed by atoms with Crippen LogP contribution in [0.5, 0.6) is 11.5 Å². The molecule has 28 heavy (non-hydrogen) atoms. The van der Waals surface area contributed by atoms with Gasteiger partial charge in [-0.15, -0.1) is 0 Å². The quantitative estimate of drug-likeness (QED) is 0.532. The Morgan fingerprint density at radius 3 is 2.71 bits per heavy atom. The van der Waals surface area contributed by atoms with Crippen LogP contribution in [0.15, 0.2) is 64.1 Å². The lowest BCUT2D eigenvalue weighted by Crippen LogP contribution is -2.30. The number of aliphatic imine (C=N–C) groups is 1. The van der Waals surface area contributed by atoms with Crippen molar-refractivity contribution >= 4 is 11.6 Å². The van der Waals surface area contributed by atoms with Gasteiger partial charge in [0.2, 0.25) is 5.89 Å². The van der Waals surface area contributed by atoms with Gasteiger partial charge < -0.3 is 24.5 Å². The number of nitrogens with one attached hydrogen (secondary N) is 2. The number of hydrogen-bond acceptors (Lipinski definition) is 5. The van der Waals surface area contributed by atoms with E-state index in [9.17, 15) is 0 Å². The summed E-state index contributed by atoms with van der Waals surface area (Å²) in [5.41, 5.74) is 1.85. The molecule has 2 heterocycles. The molecule has 1 aromatic heterocycles. The van der Waals surface area contributed by atoms with Crippen molar-refractivity contribution in [1.82, 2.24) is 10.3 Å². The lowest BCUT2D eigenvalue weighted by molar-refractivity contribution is 0.297. The summed E-state index contributed by atoms with van der Waals surface area (Å²) >= 11 is 0. The zero-order valence-electron chi connectivity index (χ0n) is 15.6. The van der Waals surface area contributed by atoms with Gasteiger partial charge in [-0.1, -0.05) is 30.3 Å². The van der Waals surface area contributed by atoms with E-state index in [2.05, 4.69) is 20.6 Å². The van der Waals surface area contributed by atoms with Crippen LogP contribution in [0.3, 0.4) is 0 Å². The highest BCUT2D eigenvalue weighted by atomic mass is 16.5. The largest absolute Gasteiger partial charge is 0.490 e. The molecule has 0 saturated heterocycles. The summed E-state index contributed by atoms with van der Waals surface area (Å²) in [4.78, 5) is 8.57. The molecule has 144 valence electrons. The Hall–Kier alpha value is -3.48. The van der Waals surface area contributed by atoms with Crippen LogP contribution in [0.2, 0.25) is 0 Å². The summed E-state index contributed by atoms with van der Waals surface area (Å²) in [7, 11) is 1.71. The number of oxazole rings is 1. The Morgan fingerprint density at radius 2 is 1.89 bits per heavy atom. The first-order valence-corrected chi connectivity index (χ1v) is 9.19. The van der Waals surface area contributed by atoms with E-state index in [1.165, 1.54) is 0 Å². The molecule has 0 fully saturated rings. The molecule has 0 saturated carbocycles. The maximum Gasteiger partial charge on any atom is 0.214 e. The lowest BCUT2D eigenvalue weighted by atomic mass is 10.2. The van der Waals surface area contributed by atoms with Crippen LogP contribution in [0.1, 0.15) is 12.3 Å². The minimum atomic E-state index is 0.414.